The molecule has 2 saturated carbocycles. The number of nitrogens with two attached hydrogens (primary N) is 1. The van der Waals surface area contributed by atoms with Crippen molar-refractivity contribution < 1.29 is 0 Å². The van der Waals surface area contributed by atoms with E-state index >= 15 is 0 Å². The van der Waals surface area contributed by atoms with Crippen LogP contribution in [0.25, 0.3) is 0 Å². The van der Waals surface area contributed by atoms with Crippen molar-refractivity contribution in [3.05, 3.63) is 0 Å². The Labute approximate surface area is 120 Å². The van der Waals surface area contributed by atoms with Crippen LogP contribution in [-0.4, -0.2) is 30.1 Å². The van der Waals surface area contributed by atoms with Gasteiger partial charge in [0.05, 0.1) is 0 Å². The van der Waals surface area contributed by atoms with Gasteiger partial charge < -0.3 is 5.73 Å². The molecule has 0 heterocycles. The molecule has 2 rings (SSSR count). The number of rotatable bonds is 3. The predicted molar refractivity (Wildman–Crippen MR) is 83.2 cm³/mol. The van der Waals surface area contributed by atoms with Crippen LogP contribution >= 0.6 is 0 Å². The van der Waals surface area contributed by atoms with Crippen molar-refractivity contribution in [3.63, 3.8) is 0 Å². The van der Waals surface area contributed by atoms with Crippen molar-refractivity contribution in [2.75, 3.05) is 13.6 Å². The lowest BCUT2D eigenvalue weighted by Gasteiger charge is -2.47. The second kappa shape index (κ2) is 5.04. The van der Waals surface area contributed by atoms with Gasteiger partial charge in [0, 0.05) is 18.1 Å². The number of likely N-dealkylation sites (N-methyl/N-ethyl adjacent to an activating group) is 1. The molecule has 112 valence electrons. The Kier molecular flexibility index (Phi) is 4.06. The summed E-state index contributed by atoms with van der Waals surface area (Å²) in [5.74, 6) is 0. The molecule has 2 aliphatic carbocycles. The lowest BCUT2D eigenvalue weighted by molar-refractivity contribution is 0.0339. The molecule has 2 N–H and O–H groups in total. The quantitative estimate of drug-likeness (QED) is 0.842. The Bertz CT molecular complexity index is 311. The van der Waals surface area contributed by atoms with Crippen molar-refractivity contribution in [1.29, 1.82) is 0 Å². The minimum atomic E-state index is 0.273. The van der Waals surface area contributed by atoms with Crippen molar-refractivity contribution in [1.82, 2.24) is 4.90 Å². The summed E-state index contributed by atoms with van der Waals surface area (Å²) in [6.07, 6.45) is 9.32. The molecule has 0 bridgehead atoms. The first-order chi connectivity index (χ1) is 8.70. The minimum absolute atomic E-state index is 0.273. The van der Waals surface area contributed by atoms with Gasteiger partial charge in [0.1, 0.15) is 0 Å². The van der Waals surface area contributed by atoms with Crippen molar-refractivity contribution in [2.24, 2.45) is 16.6 Å². The highest BCUT2D eigenvalue weighted by molar-refractivity contribution is 5.03. The summed E-state index contributed by atoms with van der Waals surface area (Å²) in [4.78, 5) is 2.68. The van der Waals surface area contributed by atoms with Crippen LogP contribution in [0.1, 0.15) is 72.6 Å². The van der Waals surface area contributed by atoms with Crippen LogP contribution in [-0.2, 0) is 0 Å². The standard InChI is InChI=1S/C17H34N2/c1-15(2)8-6-14(7-9-15)19(5)17(13-18)11-10-16(3,4)12-17/h14H,6-13,18H2,1-5H3. The molecule has 2 heteroatoms. The molecular weight excluding hydrogens is 232 g/mol. The maximum atomic E-state index is 6.21. The maximum Gasteiger partial charge on any atom is 0.0336 e. The smallest absolute Gasteiger partial charge is 0.0336 e. The normalized spacial score (nSPS) is 34.9. The molecule has 19 heavy (non-hydrogen) atoms. The summed E-state index contributed by atoms with van der Waals surface area (Å²) in [5, 5.41) is 0. The van der Waals surface area contributed by atoms with Crippen LogP contribution in [0.2, 0.25) is 0 Å². The Morgan fingerprint density at radius 3 is 1.95 bits per heavy atom. The van der Waals surface area contributed by atoms with E-state index in [1.54, 1.807) is 0 Å². The first-order valence-corrected chi connectivity index (χ1v) is 8.13. The Hall–Kier alpha value is -0.0800. The van der Waals surface area contributed by atoms with Crippen LogP contribution in [0.5, 0.6) is 0 Å². The number of nitrogens with zero attached hydrogens (tertiary/aromatic N) is 1. The highest BCUT2D eigenvalue weighted by Gasteiger charge is 2.47. The van der Waals surface area contributed by atoms with Crippen LogP contribution < -0.4 is 5.73 Å². The monoisotopic (exact) mass is 266 g/mol. The van der Waals surface area contributed by atoms with E-state index in [1.807, 2.05) is 0 Å². The Morgan fingerprint density at radius 1 is 0.947 bits per heavy atom. The van der Waals surface area contributed by atoms with E-state index in [0.717, 1.165) is 12.6 Å². The zero-order valence-corrected chi connectivity index (χ0v) is 13.8. The number of hydrogen-bond acceptors (Lipinski definition) is 2. The molecular formula is C17H34N2. The lowest BCUT2D eigenvalue weighted by Crippen LogP contribution is -2.55. The van der Waals surface area contributed by atoms with Gasteiger partial charge in [-0.15, -0.1) is 0 Å². The zero-order chi connectivity index (χ0) is 14.3. The SMILES string of the molecule is CN(C1CCC(C)(C)CC1)C1(CN)CCC(C)(C)C1. The average molecular weight is 266 g/mol. The van der Waals surface area contributed by atoms with Gasteiger partial charge in [-0.3, -0.25) is 4.90 Å². The van der Waals surface area contributed by atoms with E-state index in [0.29, 0.717) is 10.8 Å². The summed E-state index contributed by atoms with van der Waals surface area (Å²) in [6.45, 7) is 10.5. The molecule has 0 aromatic carbocycles. The van der Waals surface area contributed by atoms with Crippen molar-refractivity contribution in [2.45, 2.75) is 84.2 Å². The van der Waals surface area contributed by atoms with E-state index in [1.165, 1.54) is 44.9 Å². The largest absolute Gasteiger partial charge is 0.329 e. The lowest BCUT2D eigenvalue weighted by atomic mass is 9.74. The average Bonchev–Trinajstić information content (AvgIpc) is 2.65. The van der Waals surface area contributed by atoms with Gasteiger partial charge in [-0.05, 0) is 62.8 Å². The zero-order valence-electron chi connectivity index (χ0n) is 13.8. The summed E-state index contributed by atoms with van der Waals surface area (Å²) in [7, 11) is 2.34. The molecule has 0 spiro atoms. The fraction of sp³-hybridized carbons (Fsp3) is 1.00. The summed E-state index contributed by atoms with van der Waals surface area (Å²) in [6, 6.07) is 0.755. The summed E-state index contributed by atoms with van der Waals surface area (Å²) < 4.78 is 0. The first kappa shape index (κ1) is 15.3. The third-order valence-electron chi connectivity index (χ3n) is 6.06. The van der Waals surface area contributed by atoms with E-state index in [2.05, 4.69) is 39.6 Å². The first-order valence-electron chi connectivity index (χ1n) is 8.13. The van der Waals surface area contributed by atoms with Gasteiger partial charge in [0.25, 0.3) is 0 Å². The molecule has 0 aliphatic heterocycles. The van der Waals surface area contributed by atoms with E-state index < -0.39 is 0 Å². The Morgan fingerprint density at radius 2 is 1.53 bits per heavy atom. The van der Waals surface area contributed by atoms with Crippen LogP contribution in [0.4, 0.5) is 0 Å². The van der Waals surface area contributed by atoms with Crippen molar-refractivity contribution >= 4 is 0 Å². The van der Waals surface area contributed by atoms with Gasteiger partial charge >= 0.3 is 0 Å². The van der Waals surface area contributed by atoms with Gasteiger partial charge in [0.2, 0.25) is 0 Å². The van der Waals surface area contributed by atoms with Crippen LogP contribution in [0, 0.1) is 10.8 Å². The summed E-state index contributed by atoms with van der Waals surface area (Å²) >= 11 is 0. The summed E-state index contributed by atoms with van der Waals surface area (Å²) in [5.41, 5.74) is 7.51. The molecule has 1 atom stereocenters. The molecule has 2 nitrogen and oxygen atoms in total. The van der Waals surface area contributed by atoms with E-state index in [-0.39, 0.29) is 5.54 Å². The van der Waals surface area contributed by atoms with Gasteiger partial charge in [0.15, 0.2) is 0 Å². The van der Waals surface area contributed by atoms with Crippen molar-refractivity contribution in [3.8, 4) is 0 Å². The second-order valence-corrected chi connectivity index (χ2v) is 8.78. The second-order valence-electron chi connectivity index (χ2n) is 8.78. The molecule has 0 aromatic rings. The number of hydrogen-bond donors (Lipinski definition) is 1. The predicted octanol–water partition coefficient (Wildman–Crippen LogP) is 3.79. The van der Waals surface area contributed by atoms with Crippen LogP contribution in [0.15, 0.2) is 0 Å². The third-order valence-corrected chi connectivity index (χ3v) is 6.06. The van der Waals surface area contributed by atoms with Gasteiger partial charge in [-0.1, -0.05) is 27.7 Å². The van der Waals surface area contributed by atoms with Crippen LogP contribution in [0.3, 0.4) is 0 Å². The molecule has 0 aromatic heterocycles. The Balaban J connectivity index is 2.04. The molecule has 0 amide bonds. The molecule has 2 fully saturated rings. The highest BCUT2D eigenvalue weighted by Crippen LogP contribution is 2.48. The van der Waals surface area contributed by atoms with E-state index in [9.17, 15) is 0 Å². The maximum absolute atomic E-state index is 6.21. The molecule has 1 unspecified atom stereocenters. The molecule has 2 aliphatic rings. The minimum Gasteiger partial charge on any atom is -0.329 e. The third kappa shape index (κ3) is 3.16. The highest BCUT2D eigenvalue weighted by atomic mass is 15.2. The van der Waals surface area contributed by atoms with Gasteiger partial charge in [-0.2, -0.15) is 0 Å². The van der Waals surface area contributed by atoms with Gasteiger partial charge in [-0.25, -0.2) is 0 Å². The molecule has 0 radical (unpaired) electrons. The topological polar surface area (TPSA) is 29.3 Å². The molecule has 0 saturated heterocycles. The fourth-order valence-corrected chi connectivity index (χ4v) is 4.42. The van der Waals surface area contributed by atoms with E-state index in [4.69, 9.17) is 5.73 Å². The fourth-order valence-electron chi connectivity index (χ4n) is 4.42.